The standard InChI is InChI=1S/C27H29FN4O/c1-5-24(21-8-6-19(7-9-21)17(2)3)30-25(33)16-32-27-26(18(4)31-32)23(14-15-29-27)20-10-12-22(28)13-11-20/h6-15,17,24H,5,16H2,1-4H3,(H,30,33). The predicted molar refractivity (Wildman–Crippen MR) is 129 cm³/mol. The third-order valence-electron chi connectivity index (χ3n) is 6.01. The van der Waals surface area contributed by atoms with Gasteiger partial charge in [-0.1, -0.05) is 57.2 Å². The molecule has 0 saturated heterocycles. The number of aromatic nitrogens is 3. The lowest BCUT2D eigenvalue weighted by molar-refractivity contribution is -0.122. The van der Waals surface area contributed by atoms with Crippen LogP contribution in [0, 0.1) is 12.7 Å². The first-order valence-electron chi connectivity index (χ1n) is 11.3. The monoisotopic (exact) mass is 444 g/mol. The zero-order valence-corrected chi connectivity index (χ0v) is 19.5. The zero-order valence-electron chi connectivity index (χ0n) is 19.5. The minimum Gasteiger partial charge on any atom is -0.348 e. The molecule has 2 aromatic carbocycles. The van der Waals surface area contributed by atoms with Crippen molar-refractivity contribution >= 4 is 16.9 Å². The summed E-state index contributed by atoms with van der Waals surface area (Å²) in [4.78, 5) is 17.4. The Morgan fingerprint density at radius 1 is 1.03 bits per heavy atom. The largest absolute Gasteiger partial charge is 0.348 e. The van der Waals surface area contributed by atoms with Crippen molar-refractivity contribution < 1.29 is 9.18 Å². The number of carbonyl (C=O) groups is 1. The highest BCUT2D eigenvalue weighted by Crippen LogP contribution is 2.30. The van der Waals surface area contributed by atoms with Crippen molar-refractivity contribution in [1.29, 1.82) is 0 Å². The molecular weight excluding hydrogens is 415 g/mol. The number of pyridine rings is 1. The average Bonchev–Trinajstić information content (AvgIpc) is 3.13. The van der Waals surface area contributed by atoms with Crippen LogP contribution < -0.4 is 5.32 Å². The molecule has 6 heteroatoms. The number of carbonyl (C=O) groups excluding carboxylic acids is 1. The Balaban J connectivity index is 1.56. The fourth-order valence-corrected chi connectivity index (χ4v) is 4.17. The highest BCUT2D eigenvalue weighted by Gasteiger charge is 2.18. The predicted octanol–water partition coefficient (Wildman–Crippen LogP) is 5.94. The Morgan fingerprint density at radius 3 is 2.33 bits per heavy atom. The highest BCUT2D eigenvalue weighted by molar-refractivity contribution is 5.95. The van der Waals surface area contributed by atoms with E-state index in [1.165, 1.54) is 17.7 Å². The molecule has 0 aliphatic rings. The van der Waals surface area contributed by atoms with Gasteiger partial charge in [-0.25, -0.2) is 14.1 Å². The summed E-state index contributed by atoms with van der Waals surface area (Å²) in [6.45, 7) is 8.37. The van der Waals surface area contributed by atoms with Crippen molar-refractivity contribution in [2.24, 2.45) is 0 Å². The summed E-state index contributed by atoms with van der Waals surface area (Å²) in [6.07, 6.45) is 2.49. The van der Waals surface area contributed by atoms with Gasteiger partial charge < -0.3 is 5.32 Å². The van der Waals surface area contributed by atoms with Gasteiger partial charge in [-0.05, 0) is 59.7 Å². The summed E-state index contributed by atoms with van der Waals surface area (Å²) in [6, 6.07) is 16.6. The number of fused-ring (bicyclic) bond motifs is 1. The molecule has 0 aliphatic carbocycles. The molecule has 0 fully saturated rings. The van der Waals surface area contributed by atoms with E-state index in [0.717, 1.165) is 34.2 Å². The van der Waals surface area contributed by atoms with Crippen LogP contribution in [0.15, 0.2) is 60.8 Å². The fraction of sp³-hybridized carbons (Fsp3) is 0.296. The van der Waals surface area contributed by atoms with Crippen molar-refractivity contribution in [2.45, 2.75) is 52.6 Å². The lowest BCUT2D eigenvalue weighted by Crippen LogP contribution is -2.31. The third-order valence-corrected chi connectivity index (χ3v) is 6.01. The molecule has 33 heavy (non-hydrogen) atoms. The van der Waals surface area contributed by atoms with E-state index in [2.05, 4.69) is 60.4 Å². The van der Waals surface area contributed by atoms with Crippen molar-refractivity contribution in [3.8, 4) is 11.1 Å². The van der Waals surface area contributed by atoms with E-state index in [4.69, 9.17) is 0 Å². The number of rotatable bonds is 7. The first-order chi connectivity index (χ1) is 15.9. The molecule has 4 rings (SSSR count). The van der Waals surface area contributed by atoms with Crippen LogP contribution >= 0.6 is 0 Å². The molecule has 1 atom stereocenters. The maximum Gasteiger partial charge on any atom is 0.242 e. The zero-order chi connectivity index (χ0) is 23.5. The van der Waals surface area contributed by atoms with Gasteiger partial charge in [0.2, 0.25) is 5.91 Å². The maximum atomic E-state index is 13.4. The van der Waals surface area contributed by atoms with E-state index < -0.39 is 0 Å². The molecule has 2 heterocycles. The van der Waals surface area contributed by atoms with E-state index in [-0.39, 0.29) is 24.3 Å². The van der Waals surface area contributed by atoms with Crippen molar-refractivity contribution in [1.82, 2.24) is 20.1 Å². The second-order valence-corrected chi connectivity index (χ2v) is 8.66. The summed E-state index contributed by atoms with van der Waals surface area (Å²) >= 11 is 0. The molecule has 5 nitrogen and oxygen atoms in total. The van der Waals surface area contributed by atoms with Gasteiger partial charge in [0.1, 0.15) is 12.4 Å². The lowest BCUT2D eigenvalue weighted by Gasteiger charge is -2.18. The molecule has 0 bridgehead atoms. The molecule has 0 radical (unpaired) electrons. The molecular formula is C27H29FN4O. The summed E-state index contributed by atoms with van der Waals surface area (Å²) < 4.78 is 15.0. The quantitative estimate of drug-likeness (QED) is 0.384. The summed E-state index contributed by atoms with van der Waals surface area (Å²) in [5.41, 5.74) is 5.59. The first-order valence-corrected chi connectivity index (χ1v) is 11.3. The second-order valence-electron chi connectivity index (χ2n) is 8.66. The van der Waals surface area contributed by atoms with Crippen LogP contribution in [0.2, 0.25) is 0 Å². The van der Waals surface area contributed by atoms with Crippen LogP contribution in [0.25, 0.3) is 22.2 Å². The fourth-order valence-electron chi connectivity index (χ4n) is 4.17. The van der Waals surface area contributed by atoms with Gasteiger partial charge in [0.25, 0.3) is 0 Å². The minimum atomic E-state index is -0.280. The average molecular weight is 445 g/mol. The molecule has 0 aliphatic heterocycles. The van der Waals surface area contributed by atoms with Gasteiger partial charge in [-0.15, -0.1) is 0 Å². The van der Waals surface area contributed by atoms with Crippen molar-refractivity contribution in [2.75, 3.05) is 0 Å². The number of benzene rings is 2. The van der Waals surface area contributed by atoms with Gasteiger partial charge in [0.05, 0.1) is 11.7 Å². The van der Waals surface area contributed by atoms with Crippen LogP contribution in [-0.2, 0) is 11.3 Å². The Bertz CT molecular complexity index is 1260. The Kier molecular flexibility index (Phi) is 6.54. The number of nitrogens with one attached hydrogen (secondary N) is 1. The normalized spacial score (nSPS) is 12.3. The summed E-state index contributed by atoms with van der Waals surface area (Å²) in [5.74, 6) is 0.0722. The van der Waals surface area contributed by atoms with Crippen LogP contribution in [0.1, 0.15) is 56.0 Å². The van der Waals surface area contributed by atoms with Crippen LogP contribution in [-0.4, -0.2) is 20.7 Å². The number of halogens is 1. The van der Waals surface area contributed by atoms with Crippen LogP contribution in [0.3, 0.4) is 0 Å². The highest BCUT2D eigenvalue weighted by atomic mass is 19.1. The van der Waals surface area contributed by atoms with E-state index >= 15 is 0 Å². The minimum absolute atomic E-state index is 0.0654. The van der Waals surface area contributed by atoms with Gasteiger partial charge >= 0.3 is 0 Å². The molecule has 0 saturated carbocycles. The van der Waals surface area contributed by atoms with Crippen LogP contribution in [0.5, 0.6) is 0 Å². The summed E-state index contributed by atoms with van der Waals surface area (Å²) in [7, 11) is 0. The number of amides is 1. The van der Waals surface area contributed by atoms with Gasteiger partial charge in [0, 0.05) is 11.6 Å². The van der Waals surface area contributed by atoms with E-state index in [1.54, 1.807) is 23.0 Å². The maximum absolute atomic E-state index is 13.4. The molecule has 4 aromatic rings. The first kappa shape index (κ1) is 22.6. The molecule has 1 unspecified atom stereocenters. The Hall–Kier alpha value is -3.54. The smallest absolute Gasteiger partial charge is 0.242 e. The molecule has 1 N–H and O–H groups in total. The van der Waals surface area contributed by atoms with Gasteiger partial charge in [0.15, 0.2) is 5.65 Å². The third kappa shape index (κ3) is 4.80. The SMILES string of the molecule is CCC(NC(=O)Cn1nc(C)c2c(-c3ccc(F)cc3)ccnc21)c1ccc(C(C)C)cc1. The number of nitrogens with zero attached hydrogens (tertiary/aromatic N) is 3. The Labute approximate surface area is 193 Å². The van der Waals surface area contributed by atoms with Gasteiger partial charge in [-0.2, -0.15) is 5.10 Å². The number of hydrogen-bond donors (Lipinski definition) is 1. The van der Waals surface area contributed by atoms with E-state index in [0.29, 0.717) is 11.6 Å². The van der Waals surface area contributed by atoms with Crippen LogP contribution in [0.4, 0.5) is 4.39 Å². The van der Waals surface area contributed by atoms with Crippen molar-refractivity contribution in [3.63, 3.8) is 0 Å². The molecule has 170 valence electrons. The van der Waals surface area contributed by atoms with Gasteiger partial charge in [-0.3, -0.25) is 4.79 Å². The number of aryl methyl sites for hydroxylation is 1. The lowest BCUT2D eigenvalue weighted by atomic mass is 9.98. The van der Waals surface area contributed by atoms with E-state index in [1.807, 2.05) is 13.0 Å². The van der Waals surface area contributed by atoms with E-state index in [9.17, 15) is 9.18 Å². The molecule has 2 aromatic heterocycles. The topological polar surface area (TPSA) is 59.8 Å². The molecule has 0 spiro atoms. The second kappa shape index (κ2) is 9.53. The molecule has 1 amide bonds. The van der Waals surface area contributed by atoms with Crippen molar-refractivity contribution in [3.05, 3.63) is 83.4 Å². The summed E-state index contributed by atoms with van der Waals surface area (Å²) in [5, 5.41) is 8.60. The number of hydrogen-bond acceptors (Lipinski definition) is 3. The Morgan fingerprint density at radius 2 is 1.70 bits per heavy atom.